The van der Waals surface area contributed by atoms with E-state index in [1.807, 2.05) is 0 Å². The maximum atomic E-state index is 13.3. The van der Waals surface area contributed by atoms with Gasteiger partial charge < -0.3 is 21.1 Å². The number of carbonyl (C=O) groups excluding carboxylic acids is 2. The van der Waals surface area contributed by atoms with Gasteiger partial charge in [-0.1, -0.05) is 0 Å². The molecule has 0 atom stereocenters. The Balaban J connectivity index is 2.15. The van der Waals surface area contributed by atoms with Crippen molar-refractivity contribution in [2.75, 3.05) is 17.7 Å². The van der Waals surface area contributed by atoms with Crippen LogP contribution in [0.4, 0.5) is 20.6 Å². The number of benzene rings is 2. The maximum absolute atomic E-state index is 13.3. The summed E-state index contributed by atoms with van der Waals surface area (Å²) in [6.45, 7) is 0. The predicted octanol–water partition coefficient (Wildman–Crippen LogP) is 2.58. The smallest absolute Gasteiger partial charge is 0.316 e. The van der Waals surface area contributed by atoms with Gasteiger partial charge in [0.1, 0.15) is 11.6 Å². The molecule has 0 bridgehead atoms. The third-order valence-electron chi connectivity index (χ3n) is 2.82. The number of hydrogen-bond acceptors (Lipinski definition) is 3. The lowest BCUT2D eigenvalue weighted by Crippen LogP contribution is -2.19. The van der Waals surface area contributed by atoms with Gasteiger partial charge in [0.05, 0.1) is 12.7 Å². The van der Waals surface area contributed by atoms with E-state index in [1.165, 1.54) is 19.2 Å². The summed E-state index contributed by atoms with van der Waals surface area (Å²) in [5.74, 6) is -0.773. The van der Waals surface area contributed by atoms with E-state index >= 15 is 0 Å². The normalized spacial score (nSPS) is 9.91. The number of carbonyl (C=O) groups is 2. The molecule has 4 N–H and O–H groups in total. The number of amides is 3. The molecule has 0 aliphatic heterocycles. The Morgan fingerprint density at radius 2 is 1.64 bits per heavy atom. The molecule has 0 saturated heterocycles. The molecule has 3 amide bonds. The van der Waals surface area contributed by atoms with Crippen LogP contribution in [0.15, 0.2) is 42.5 Å². The quantitative estimate of drug-likeness (QED) is 0.810. The predicted molar refractivity (Wildman–Crippen MR) is 80.6 cm³/mol. The first-order valence-electron chi connectivity index (χ1n) is 6.31. The highest BCUT2D eigenvalue weighted by Gasteiger charge is 2.13. The van der Waals surface area contributed by atoms with Gasteiger partial charge in [-0.25, -0.2) is 9.18 Å². The van der Waals surface area contributed by atoms with E-state index in [9.17, 15) is 14.0 Å². The van der Waals surface area contributed by atoms with Crippen LogP contribution in [-0.2, 0) is 0 Å². The maximum Gasteiger partial charge on any atom is 0.316 e. The number of primary amides is 1. The monoisotopic (exact) mass is 303 g/mol. The molecule has 0 aromatic heterocycles. The van der Waals surface area contributed by atoms with Gasteiger partial charge >= 0.3 is 6.03 Å². The van der Waals surface area contributed by atoms with Crippen LogP contribution in [0.25, 0.3) is 0 Å². The molecule has 2 aromatic rings. The van der Waals surface area contributed by atoms with Crippen LogP contribution in [0.1, 0.15) is 10.4 Å². The fraction of sp³-hybridized carbons (Fsp3) is 0.0667. The second-order valence-corrected chi connectivity index (χ2v) is 4.37. The molecule has 7 heteroatoms. The number of nitrogens with one attached hydrogen (secondary N) is 2. The number of hydrogen-bond donors (Lipinski definition) is 3. The molecule has 2 aromatic carbocycles. The number of nitrogens with two attached hydrogens (primary N) is 1. The largest absolute Gasteiger partial charge is 0.496 e. The highest BCUT2D eigenvalue weighted by molar-refractivity contribution is 6.06. The van der Waals surface area contributed by atoms with Gasteiger partial charge in [0.25, 0.3) is 5.91 Å². The third kappa shape index (κ3) is 3.72. The SMILES string of the molecule is COc1ccc(F)cc1C(=O)Nc1ccc(NC(N)=O)cc1. The van der Waals surface area contributed by atoms with Gasteiger partial charge in [-0.15, -0.1) is 0 Å². The van der Waals surface area contributed by atoms with E-state index in [4.69, 9.17) is 10.5 Å². The molecule has 0 aliphatic carbocycles. The Morgan fingerprint density at radius 3 is 2.18 bits per heavy atom. The van der Waals surface area contributed by atoms with Gasteiger partial charge in [-0.05, 0) is 42.5 Å². The molecular formula is C15H14FN3O3. The van der Waals surface area contributed by atoms with E-state index in [-0.39, 0.29) is 11.3 Å². The van der Waals surface area contributed by atoms with Gasteiger partial charge in [-0.2, -0.15) is 0 Å². The van der Waals surface area contributed by atoms with Crippen LogP contribution in [-0.4, -0.2) is 19.0 Å². The minimum Gasteiger partial charge on any atom is -0.496 e. The van der Waals surface area contributed by atoms with E-state index in [1.54, 1.807) is 24.3 Å². The fourth-order valence-corrected chi connectivity index (χ4v) is 1.84. The zero-order valence-electron chi connectivity index (χ0n) is 11.7. The number of ether oxygens (including phenoxy) is 1. The summed E-state index contributed by atoms with van der Waals surface area (Å²) in [6, 6.07) is 9.30. The Morgan fingerprint density at radius 1 is 1.05 bits per heavy atom. The van der Waals surface area contributed by atoms with Gasteiger partial charge in [0.2, 0.25) is 0 Å². The zero-order chi connectivity index (χ0) is 16.1. The Bertz CT molecular complexity index is 702. The van der Waals surface area contributed by atoms with E-state index in [2.05, 4.69) is 10.6 Å². The fourth-order valence-electron chi connectivity index (χ4n) is 1.84. The number of anilines is 2. The van der Waals surface area contributed by atoms with Crippen LogP contribution >= 0.6 is 0 Å². The second-order valence-electron chi connectivity index (χ2n) is 4.37. The van der Waals surface area contributed by atoms with E-state index in [0.717, 1.165) is 6.07 Å². The second kappa shape index (κ2) is 6.57. The van der Waals surface area contributed by atoms with E-state index in [0.29, 0.717) is 11.4 Å². The van der Waals surface area contributed by atoms with Crippen molar-refractivity contribution in [1.82, 2.24) is 0 Å². The molecule has 0 heterocycles. The first-order valence-corrected chi connectivity index (χ1v) is 6.31. The first-order chi connectivity index (χ1) is 10.5. The van der Waals surface area contributed by atoms with Crippen LogP contribution in [0.2, 0.25) is 0 Å². The molecule has 114 valence electrons. The summed E-state index contributed by atoms with van der Waals surface area (Å²) in [5, 5.41) is 5.01. The number of methoxy groups -OCH3 is 1. The van der Waals surface area contributed by atoms with Crippen LogP contribution in [0.3, 0.4) is 0 Å². The number of urea groups is 1. The molecule has 6 nitrogen and oxygen atoms in total. The first kappa shape index (κ1) is 15.3. The molecule has 22 heavy (non-hydrogen) atoms. The average Bonchev–Trinajstić information content (AvgIpc) is 2.48. The van der Waals surface area contributed by atoms with Crippen molar-refractivity contribution in [3.8, 4) is 5.75 Å². The molecule has 0 spiro atoms. The Labute approximate surface area is 126 Å². The molecule has 2 rings (SSSR count). The Kier molecular flexibility index (Phi) is 4.57. The summed E-state index contributed by atoms with van der Waals surface area (Å²) in [4.78, 5) is 22.9. The Hall–Kier alpha value is -3.09. The molecular weight excluding hydrogens is 289 g/mol. The topological polar surface area (TPSA) is 93.4 Å². The third-order valence-corrected chi connectivity index (χ3v) is 2.82. The number of rotatable bonds is 4. The van der Waals surface area contributed by atoms with E-state index < -0.39 is 17.8 Å². The van der Waals surface area contributed by atoms with Crippen molar-refractivity contribution >= 4 is 23.3 Å². The summed E-state index contributed by atoms with van der Waals surface area (Å²) in [6.07, 6.45) is 0. The number of halogens is 1. The van der Waals surface area contributed by atoms with Crippen LogP contribution < -0.4 is 21.1 Å². The van der Waals surface area contributed by atoms with Crippen molar-refractivity contribution in [2.24, 2.45) is 5.73 Å². The summed E-state index contributed by atoms with van der Waals surface area (Å²) in [5.41, 5.74) is 6.05. The molecule has 0 saturated carbocycles. The van der Waals surface area contributed by atoms with Crippen molar-refractivity contribution in [3.05, 3.63) is 53.8 Å². The van der Waals surface area contributed by atoms with Crippen molar-refractivity contribution < 1.29 is 18.7 Å². The standard InChI is InChI=1S/C15H14FN3O3/c1-22-13-7-2-9(16)8-12(13)14(20)18-10-3-5-11(6-4-10)19-15(17)21/h2-8H,1H3,(H,18,20)(H3,17,19,21). The van der Waals surface area contributed by atoms with Crippen molar-refractivity contribution in [3.63, 3.8) is 0 Å². The van der Waals surface area contributed by atoms with Gasteiger partial charge in [0.15, 0.2) is 0 Å². The lowest BCUT2D eigenvalue weighted by atomic mass is 10.1. The molecule has 0 unspecified atom stereocenters. The molecule has 0 radical (unpaired) electrons. The summed E-state index contributed by atoms with van der Waals surface area (Å²) >= 11 is 0. The summed E-state index contributed by atoms with van der Waals surface area (Å²) < 4.78 is 18.3. The minimum absolute atomic E-state index is 0.0850. The van der Waals surface area contributed by atoms with Crippen molar-refractivity contribution in [1.29, 1.82) is 0 Å². The van der Waals surface area contributed by atoms with Crippen molar-refractivity contribution in [2.45, 2.75) is 0 Å². The van der Waals surface area contributed by atoms with Crippen LogP contribution in [0, 0.1) is 5.82 Å². The van der Waals surface area contributed by atoms with Gasteiger partial charge in [0, 0.05) is 11.4 Å². The average molecular weight is 303 g/mol. The highest BCUT2D eigenvalue weighted by Crippen LogP contribution is 2.21. The molecule has 0 aliphatic rings. The highest BCUT2D eigenvalue weighted by atomic mass is 19.1. The van der Waals surface area contributed by atoms with Gasteiger partial charge in [-0.3, -0.25) is 4.79 Å². The lowest BCUT2D eigenvalue weighted by molar-refractivity contribution is 0.102. The molecule has 0 fully saturated rings. The van der Waals surface area contributed by atoms with Crippen LogP contribution in [0.5, 0.6) is 5.75 Å². The zero-order valence-corrected chi connectivity index (χ0v) is 11.7. The summed E-state index contributed by atoms with van der Waals surface area (Å²) in [7, 11) is 1.40. The minimum atomic E-state index is -0.679. The lowest BCUT2D eigenvalue weighted by Gasteiger charge is -2.10.